The van der Waals surface area contributed by atoms with Crippen LogP contribution in [0.1, 0.15) is 114 Å². The molecule has 0 spiro atoms. The lowest BCUT2D eigenvalue weighted by Crippen LogP contribution is -2.59. The van der Waals surface area contributed by atoms with E-state index < -0.39 is 0 Å². The Kier molecular flexibility index (Phi) is 9.33. The fraction of sp³-hybridized carbons (Fsp3) is 0.463. The van der Waals surface area contributed by atoms with Crippen molar-refractivity contribution in [1.82, 2.24) is 14.3 Å². The molecule has 1 atom stereocenters. The van der Waals surface area contributed by atoms with E-state index in [-0.39, 0.29) is 16.2 Å². The van der Waals surface area contributed by atoms with Gasteiger partial charge in [0, 0.05) is 48.2 Å². The van der Waals surface area contributed by atoms with E-state index in [2.05, 4.69) is 167 Å². The lowest BCUT2D eigenvalue weighted by Gasteiger charge is -2.20. The Morgan fingerprint density at radius 1 is 0.644 bits per heavy atom. The maximum Gasteiger partial charge on any atom is 0.207 e. The maximum atomic E-state index is 4.30. The van der Waals surface area contributed by atoms with Gasteiger partial charge in [0.15, 0.2) is 6.21 Å². The van der Waals surface area contributed by atoms with Crippen LogP contribution in [-0.2, 0) is 30.3 Å². The van der Waals surface area contributed by atoms with Crippen LogP contribution in [0, 0.1) is 20.8 Å². The van der Waals surface area contributed by atoms with Crippen LogP contribution in [0.15, 0.2) is 54.9 Å². The smallest absolute Gasteiger partial charge is 0.207 e. The quantitative estimate of drug-likeness (QED) is 0.188. The van der Waals surface area contributed by atoms with Gasteiger partial charge in [-0.1, -0.05) is 80.5 Å². The average molecular weight is 606 g/mol. The van der Waals surface area contributed by atoms with E-state index >= 15 is 0 Å². The monoisotopic (exact) mass is 605 g/mol. The van der Waals surface area contributed by atoms with Crippen LogP contribution in [0.25, 0.3) is 21.8 Å². The van der Waals surface area contributed by atoms with E-state index in [1.807, 2.05) is 17.9 Å². The second-order valence-corrected chi connectivity index (χ2v) is 16.3. The molecule has 6 rings (SSSR count). The summed E-state index contributed by atoms with van der Waals surface area (Å²) in [6.45, 7) is 29.1. The lowest BCUT2D eigenvalue weighted by molar-refractivity contribution is -0.344. The number of fused-ring (bicyclic) bond motifs is 3. The molecule has 0 amide bonds. The lowest BCUT2D eigenvalue weighted by atomic mass is 9.84. The molecular formula is C41H57N4+. The summed E-state index contributed by atoms with van der Waals surface area (Å²) in [6, 6.07) is 15.9. The second-order valence-electron chi connectivity index (χ2n) is 16.3. The van der Waals surface area contributed by atoms with Crippen LogP contribution in [-0.4, -0.2) is 20.6 Å². The van der Waals surface area contributed by atoms with Crippen molar-refractivity contribution in [3.05, 3.63) is 93.8 Å². The van der Waals surface area contributed by atoms with Gasteiger partial charge in [0.25, 0.3) is 0 Å². The third-order valence-corrected chi connectivity index (χ3v) is 9.21. The van der Waals surface area contributed by atoms with Gasteiger partial charge in [-0.05, 0) is 95.5 Å². The summed E-state index contributed by atoms with van der Waals surface area (Å²) < 4.78 is 4.13. The molecule has 4 heteroatoms. The van der Waals surface area contributed by atoms with E-state index in [0.29, 0.717) is 5.92 Å². The summed E-state index contributed by atoms with van der Waals surface area (Å²) in [5.41, 5.74) is 14.3. The summed E-state index contributed by atoms with van der Waals surface area (Å²) in [5.74, 6) is 0.536. The number of aromatic nitrogens is 3. The fourth-order valence-corrected chi connectivity index (χ4v) is 6.10. The van der Waals surface area contributed by atoms with Crippen molar-refractivity contribution < 1.29 is 4.99 Å². The van der Waals surface area contributed by atoms with E-state index in [9.17, 15) is 0 Å². The molecule has 1 N–H and O–H groups in total. The van der Waals surface area contributed by atoms with E-state index in [0.717, 1.165) is 0 Å². The van der Waals surface area contributed by atoms with Crippen molar-refractivity contribution >= 4 is 33.7 Å². The highest BCUT2D eigenvalue weighted by atomic mass is 15.2. The summed E-state index contributed by atoms with van der Waals surface area (Å²) in [5, 5.41) is 6.92. The molecule has 4 nitrogen and oxygen atoms in total. The zero-order valence-electron chi connectivity index (χ0n) is 30.7. The largest absolute Gasteiger partial charge is 0.351 e. The van der Waals surface area contributed by atoms with Crippen LogP contribution >= 0.6 is 0 Å². The molecule has 0 saturated carbocycles. The number of aryl methyl sites for hydroxylation is 5. The van der Waals surface area contributed by atoms with Gasteiger partial charge < -0.3 is 4.57 Å². The van der Waals surface area contributed by atoms with Crippen molar-refractivity contribution in [3.8, 4) is 0 Å². The van der Waals surface area contributed by atoms with Gasteiger partial charge >= 0.3 is 0 Å². The number of nitrogens with one attached hydrogen (secondary N) is 1. The Balaban J connectivity index is 0.000000154. The van der Waals surface area contributed by atoms with Crippen LogP contribution in [0.2, 0.25) is 0 Å². The van der Waals surface area contributed by atoms with Crippen LogP contribution in [0.5, 0.6) is 0 Å². The first-order valence-corrected chi connectivity index (χ1v) is 16.4. The third-order valence-electron chi connectivity index (χ3n) is 9.21. The van der Waals surface area contributed by atoms with Crippen molar-refractivity contribution in [3.63, 3.8) is 0 Å². The second kappa shape index (κ2) is 12.3. The standard InChI is InChI=1S/2C14H19N.C13H18N2/c1-9-6-11(14(3,4)5)7-12-13(9)10(2)8-15-12;1-10-8-11(14(2,3)4)9-13-12(10)6-7-15(13)5;1-9-6-10(13(2,3)4)7-12-11(9)8-14-15(12)5/h6-8,10H,1-5H3;6-9H,1-5H3;6-8H,1-5H3/p+1. The van der Waals surface area contributed by atoms with Crippen molar-refractivity contribution in [1.29, 1.82) is 0 Å². The molecule has 0 bridgehead atoms. The zero-order valence-corrected chi connectivity index (χ0v) is 30.7. The molecule has 45 heavy (non-hydrogen) atoms. The Morgan fingerprint density at radius 3 is 1.69 bits per heavy atom. The van der Waals surface area contributed by atoms with Crippen LogP contribution in [0.3, 0.4) is 0 Å². The normalized spacial score (nSPS) is 14.7. The predicted molar refractivity (Wildman–Crippen MR) is 195 cm³/mol. The Labute approximate surface area is 272 Å². The van der Waals surface area contributed by atoms with Crippen molar-refractivity contribution in [2.24, 2.45) is 14.1 Å². The summed E-state index contributed by atoms with van der Waals surface area (Å²) in [4.78, 5) is 3.38. The Bertz CT molecular complexity index is 1760. The molecular weight excluding hydrogens is 548 g/mol. The summed E-state index contributed by atoms with van der Waals surface area (Å²) >= 11 is 0. The van der Waals surface area contributed by atoms with E-state index in [1.54, 1.807) is 0 Å². The predicted octanol–water partition coefficient (Wildman–Crippen LogP) is 9.16. The summed E-state index contributed by atoms with van der Waals surface area (Å²) in [6.07, 6.45) is 6.24. The first-order valence-electron chi connectivity index (χ1n) is 16.4. The molecule has 0 fully saturated rings. The minimum absolute atomic E-state index is 0.198. The van der Waals surface area contributed by atoms with Gasteiger partial charge in [0.1, 0.15) is 0 Å². The molecule has 2 aromatic heterocycles. The minimum atomic E-state index is 0.198. The van der Waals surface area contributed by atoms with Gasteiger partial charge in [-0.2, -0.15) is 5.10 Å². The minimum Gasteiger partial charge on any atom is -0.351 e. The molecule has 0 saturated heterocycles. The maximum absolute atomic E-state index is 4.30. The van der Waals surface area contributed by atoms with Crippen molar-refractivity contribution in [2.75, 3.05) is 0 Å². The van der Waals surface area contributed by atoms with Gasteiger partial charge in [-0.25, -0.2) is 4.99 Å². The molecule has 3 aromatic carbocycles. The van der Waals surface area contributed by atoms with Gasteiger partial charge in [0.2, 0.25) is 5.69 Å². The third kappa shape index (κ3) is 7.43. The average Bonchev–Trinajstić information content (AvgIpc) is 3.61. The van der Waals surface area contributed by atoms with Gasteiger partial charge in [-0.15, -0.1) is 0 Å². The number of benzene rings is 3. The highest BCUT2D eigenvalue weighted by Gasteiger charge is 2.26. The molecule has 1 unspecified atom stereocenters. The molecule has 240 valence electrons. The van der Waals surface area contributed by atoms with E-state index in [1.165, 1.54) is 66.4 Å². The molecule has 0 radical (unpaired) electrons. The topological polar surface area (TPSA) is 36.7 Å². The van der Waals surface area contributed by atoms with Gasteiger partial charge in [0.05, 0.1) is 17.6 Å². The summed E-state index contributed by atoms with van der Waals surface area (Å²) in [7, 11) is 4.10. The first-order chi connectivity index (χ1) is 20.7. The SMILES string of the molecule is Cc1cc(C(C)(C)C)cc2c1C(C)C=[NH+]2.Cc1cc(C(C)(C)C)cc2c1ccn2C.Cc1cc(C(C)(C)C)cc2c1cnn2C. The fourth-order valence-electron chi connectivity index (χ4n) is 6.10. The molecule has 3 heterocycles. The molecule has 0 aliphatic carbocycles. The highest BCUT2D eigenvalue weighted by Crippen LogP contribution is 2.33. The van der Waals surface area contributed by atoms with E-state index in [4.69, 9.17) is 0 Å². The first kappa shape index (κ1) is 34.2. The van der Waals surface area contributed by atoms with Crippen LogP contribution < -0.4 is 4.99 Å². The number of rotatable bonds is 0. The molecule has 1 aliphatic rings. The number of hydrogen-bond acceptors (Lipinski definition) is 1. The van der Waals surface area contributed by atoms with Gasteiger partial charge in [-0.3, -0.25) is 4.68 Å². The number of nitrogens with zero attached hydrogens (tertiary/aromatic N) is 3. The zero-order chi connectivity index (χ0) is 33.6. The molecule has 5 aromatic rings. The van der Waals surface area contributed by atoms with Crippen LogP contribution in [0.4, 0.5) is 5.69 Å². The van der Waals surface area contributed by atoms with Crippen molar-refractivity contribution in [2.45, 2.75) is 112 Å². The number of hydrogen-bond donors (Lipinski definition) is 1. The molecule has 1 aliphatic heterocycles. The Hall–Kier alpha value is -3.66. The highest BCUT2D eigenvalue weighted by molar-refractivity contribution is 5.85. The Morgan fingerprint density at radius 2 is 1.13 bits per heavy atom.